The number of aromatic nitrogens is 1. The van der Waals surface area contributed by atoms with E-state index < -0.39 is 4.92 Å². The molecule has 0 spiro atoms. The standard InChI is InChI=1S/C11H14ClN3O2/c1-8-4-6-14(7-5-8)11-9(15(16)17)2-3-10(12)13-11/h2-3,8H,4-7H2,1H3. The summed E-state index contributed by atoms with van der Waals surface area (Å²) in [5.41, 5.74) is 0.0314. The lowest BCUT2D eigenvalue weighted by Gasteiger charge is -2.30. The van der Waals surface area contributed by atoms with Gasteiger partial charge in [-0.1, -0.05) is 18.5 Å². The van der Waals surface area contributed by atoms with Gasteiger partial charge in [0.05, 0.1) is 4.92 Å². The molecule has 2 heterocycles. The minimum atomic E-state index is -0.406. The third-order valence-electron chi connectivity index (χ3n) is 3.10. The largest absolute Gasteiger partial charge is 0.351 e. The maximum atomic E-state index is 10.9. The van der Waals surface area contributed by atoms with Gasteiger partial charge in [0.15, 0.2) is 0 Å². The predicted molar refractivity (Wildman–Crippen MR) is 66.5 cm³/mol. The maximum Gasteiger partial charge on any atom is 0.311 e. The summed E-state index contributed by atoms with van der Waals surface area (Å²) >= 11 is 5.81. The summed E-state index contributed by atoms with van der Waals surface area (Å²) in [5.74, 6) is 1.07. The number of nitro groups is 1. The zero-order chi connectivity index (χ0) is 12.4. The third-order valence-corrected chi connectivity index (χ3v) is 3.31. The van der Waals surface area contributed by atoms with Gasteiger partial charge in [-0.2, -0.15) is 0 Å². The lowest BCUT2D eigenvalue weighted by molar-refractivity contribution is -0.384. The van der Waals surface area contributed by atoms with Gasteiger partial charge in [-0.3, -0.25) is 10.1 Å². The van der Waals surface area contributed by atoms with E-state index in [9.17, 15) is 10.1 Å². The molecule has 1 saturated heterocycles. The van der Waals surface area contributed by atoms with Gasteiger partial charge in [-0.25, -0.2) is 4.98 Å². The molecule has 0 atom stereocenters. The van der Waals surface area contributed by atoms with Crippen molar-refractivity contribution in [3.8, 4) is 0 Å². The summed E-state index contributed by atoms with van der Waals surface area (Å²) in [6, 6.07) is 2.87. The summed E-state index contributed by atoms with van der Waals surface area (Å²) in [7, 11) is 0. The second-order valence-electron chi connectivity index (χ2n) is 4.40. The van der Waals surface area contributed by atoms with Crippen LogP contribution in [0.1, 0.15) is 19.8 Å². The number of halogens is 1. The van der Waals surface area contributed by atoms with Crippen LogP contribution in [0.2, 0.25) is 5.15 Å². The van der Waals surface area contributed by atoms with E-state index in [-0.39, 0.29) is 5.69 Å². The summed E-state index contributed by atoms with van der Waals surface area (Å²) in [6.07, 6.45) is 2.07. The van der Waals surface area contributed by atoms with Crippen molar-refractivity contribution in [1.82, 2.24) is 4.98 Å². The van der Waals surface area contributed by atoms with Crippen molar-refractivity contribution in [2.24, 2.45) is 5.92 Å². The summed E-state index contributed by atoms with van der Waals surface area (Å²) in [4.78, 5) is 16.6. The lowest BCUT2D eigenvalue weighted by Crippen LogP contribution is -2.33. The van der Waals surface area contributed by atoms with Gasteiger partial charge in [0.2, 0.25) is 5.82 Å². The van der Waals surface area contributed by atoms with Crippen molar-refractivity contribution in [2.45, 2.75) is 19.8 Å². The van der Waals surface area contributed by atoms with Crippen molar-refractivity contribution in [3.63, 3.8) is 0 Å². The molecule has 0 aliphatic carbocycles. The van der Waals surface area contributed by atoms with Gasteiger partial charge in [-0.15, -0.1) is 0 Å². The van der Waals surface area contributed by atoms with Crippen LogP contribution in [-0.2, 0) is 0 Å². The molecule has 0 bridgehead atoms. The van der Waals surface area contributed by atoms with E-state index in [1.54, 1.807) is 0 Å². The van der Waals surface area contributed by atoms with Gasteiger partial charge in [0.25, 0.3) is 0 Å². The SMILES string of the molecule is CC1CCN(c2nc(Cl)ccc2[N+](=O)[O-])CC1. The van der Waals surface area contributed by atoms with Crippen LogP contribution in [0.3, 0.4) is 0 Å². The third kappa shape index (κ3) is 2.66. The molecule has 0 N–H and O–H groups in total. The first-order valence-electron chi connectivity index (χ1n) is 5.64. The van der Waals surface area contributed by atoms with Crippen LogP contribution < -0.4 is 4.90 Å². The van der Waals surface area contributed by atoms with Gasteiger partial charge in [-0.05, 0) is 24.8 Å². The smallest absolute Gasteiger partial charge is 0.311 e. The molecule has 0 radical (unpaired) electrons. The fraction of sp³-hybridized carbons (Fsp3) is 0.545. The molecule has 2 rings (SSSR count). The molecule has 1 aromatic heterocycles. The van der Waals surface area contributed by atoms with Gasteiger partial charge in [0.1, 0.15) is 5.15 Å². The molecule has 6 heteroatoms. The van der Waals surface area contributed by atoms with Crippen LogP contribution in [0.25, 0.3) is 0 Å². The maximum absolute atomic E-state index is 10.9. The quantitative estimate of drug-likeness (QED) is 0.463. The molecule has 0 aromatic carbocycles. The first-order valence-corrected chi connectivity index (χ1v) is 6.01. The zero-order valence-electron chi connectivity index (χ0n) is 9.60. The second kappa shape index (κ2) is 4.87. The Kier molecular flexibility index (Phi) is 3.47. The molecule has 1 aliphatic heterocycles. The highest BCUT2D eigenvalue weighted by molar-refractivity contribution is 6.29. The average Bonchev–Trinajstić information content (AvgIpc) is 2.29. The molecule has 5 nitrogen and oxygen atoms in total. The molecule has 92 valence electrons. The van der Waals surface area contributed by atoms with Crippen molar-refractivity contribution in [3.05, 3.63) is 27.4 Å². The first-order chi connectivity index (χ1) is 8.08. The number of nitrogens with zero attached hydrogens (tertiary/aromatic N) is 3. The van der Waals surface area contributed by atoms with Crippen LogP contribution in [0, 0.1) is 16.0 Å². The van der Waals surface area contributed by atoms with E-state index in [1.807, 2.05) is 4.90 Å². The Morgan fingerprint density at radius 3 is 2.71 bits per heavy atom. The summed E-state index contributed by atoms with van der Waals surface area (Å²) < 4.78 is 0. The molecular weight excluding hydrogens is 242 g/mol. The first kappa shape index (κ1) is 12.1. The van der Waals surface area contributed by atoms with Crippen LogP contribution >= 0.6 is 11.6 Å². The van der Waals surface area contributed by atoms with Crippen LogP contribution in [0.5, 0.6) is 0 Å². The molecule has 1 aromatic rings. The van der Waals surface area contributed by atoms with E-state index in [0.29, 0.717) is 16.9 Å². The number of rotatable bonds is 2. The number of hydrogen-bond donors (Lipinski definition) is 0. The Labute approximate surface area is 105 Å². The number of anilines is 1. The number of hydrogen-bond acceptors (Lipinski definition) is 4. The minimum Gasteiger partial charge on any atom is -0.351 e. The Morgan fingerprint density at radius 2 is 2.12 bits per heavy atom. The molecule has 0 amide bonds. The molecule has 1 fully saturated rings. The Morgan fingerprint density at radius 1 is 1.47 bits per heavy atom. The summed E-state index contributed by atoms with van der Waals surface area (Å²) in [6.45, 7) is 3.79. The average molecular weight is 256 g/mol. The number of piperidine rings is 1. The van der Waals surface area contributed by atoms with E-state index in [4.69, 9.17) is 11.6 Å². The highest BCUT2D eigenvalue weighted by Gasteiger charge is 2.24. The Bertz CT molecular complexity index is 431. The van der Waals surface area contributed by atoms with Crippen molar-refractivity contribution in [1.29, 1.82) is 0 Å². The highest BCUT2D eigenvalue weighted by atomic mass is 35.5. The fourth-order valence-corrected chi connectivity index (χ4v) is 2.16. The molecule has 0 saturated carbocycles. The van der Waals surface area contributed by atoms with Gasteiger partial charge < -0.3 is 4.90 Å². The van der Waals surface area contributed by atoms with Crippen LogP contribution in [0.4, 0.5) is 11.5 Å². The monoisotopic (exact) mass is 255 g/mol. The van der Waals surface area contributed by atoms with E-state index >= 15 is 0 Å². The van der Waals surface area contributed by atoms with Gasteiger partial charge >= 0.3 is 5.69 Å². The van der Waals surface area contributed by atoms with Crippen molar-refractivity contribution < 1.29 is 4.92 Å². The van der Waals surface area contributed by atoms with E-state index in [0.717, 1.165) is 25.9 Å². The van der Waals surface area contributed by atoms with E-state index in [2.05, 4.69) is 11.9 Å². The zero-order valence-corrected chi connectivity index (χ0v) is 10.4. The van der Waals surface area contributed by atoms with E-state index in [1.165, 1.54) is 12.1 Å². The predicted octanol–water partition coefficient (Wildman–Crippen LogP) is 2.88. The summed E-state index contributed by atoms with van der Waals surface area (Å²) in [5, 5.41) is 11.2. The Balaban J connectivity index is 2.30. The van der Waals surface area contributed by atoms with Crippen molar-refractivity contribution in [2.75, 3.05) is 18.0 Å². The Hall–Kier alpha value is -1.36. The topological polar surface area (TPSA) is 59.3 Å². The fourth-order valence-electron chi connectivity index (χ4n) is 2.01. The van der Waals surface area contributed by atoms with Crippen molar-refractivity contribution >= 4 is 23.1 Å². The number of pyridine rings is 1. The van der Waals surface area contributed by atoms with Gasteiger partial charge in [0, 0.05) is 19.2 Å². The lowest BCUT2D eigenvalue weighted by atomic mass is 9.99. The van der Waals surface area contributed by atoms with Crippen LogP contribution in [-0.4, -0.2) is 23.0 Å². The normalized spacial score (nSPS) is 17.2. The minimum absolute atomic E-state index is 0.0314. The molecule has 0 unspecified atom stereocenters. The second-order valence-corrected chi connectivity index (χ2v) is 4.79. The van der Waals surface area contributed by atoms with Crippen LogP contribution in [0.15, 0.2) is 12.1 Å². The molecular formula is C11H14ClN3O2. The molecule has 17 heavy (non-hydrogen) atoms. The molecule has 1 aliphatic rings. The highest BCUT2D eigenvalue weighted by Crippen LogP contribution is 2.30.